The lowest BCUT2D eigenvalue weighted by Gasteiger charge is -2.17. The third-order valence-electron chi connectivity index (χ3n) is 2.58. The van der Waals surface area contributed by atoms with Gasteiger partial charge in [0.15, 0.2) is 0 Å². The molecule has 0 radical (unpaired) electrons. The van der Waals surface area contributed by atoms with Gasteiger partial charge >= 0.3 is 0 Å². The van der Waals surface area contributed by atoms with Crippen LogP contribution in [0.4, 0.5) is 11.4 Å². The van der Waals surface area contributed by atoms with Gasteiger partial charge in [0.05, 0.1) is 11.4 Å². The zero-order valence-corrected chi connectivity index (χ0v) is 11.5. The number of benzene rings is 1. The minimum atomic E-state index is -0.281. The molecule has 5 heteroatoms. The molecule has 0 fully saturated rings. The molecule has 0 spiro atoms. The van der Waals surface area contributed by atoms with Crippen molar-refractivity contribution in [1.29, 1.82) is 0 Å². The van der Waals surface area contributed by atoms with Crippen molar-refractivity contribution in [2.45, 2.75) is 0 Å². The van der Waals surface area contributed by atoms with Crippen molar-refractivity contribution in [3.05, 3.63) is 53.3 Å². The average Bonchev–Trinajstić information content (AvgIpc) is 2.39. The van der Waals surface area contributed by atoms with Crippen molar-refractivity contribution in [3.63, 3.8) is 0 Å². The Kier molecular flexibility index (Phi) is 4.02. The van der Waals surface area contributed by atoms with Crippen molar-refractivity contribution in [3.8, 4) is 0 Å². The van der Waals surface area contributed by atoms with Crippen LogP contribution in [-0.2, 0) is 0 Å². The summed E-state index contributed by atoms with van der Waals surface area (Å²) >= 11 is 5.77. The molecule has 0 saturated heterocycles. The molecular formula is C14H14ClN3O. The van der Waals surface area contributed by atoms with Gasteiger partial charge in [-0.3, -0.25) is 4.79 Å². The van der Waals surface area contributed by atoms with Crippen molar-refractivity contribution >= 4 is 28.9 Å². The normalized spacial score (nSPS) is 10.1. The summed E-state index contributed by atoms with van der Waals surface area (Å²) in [6.07, 6.45) is 0. The lowest BCUT2D eigenvalue weighted by atomic mass is 10.2. The Morgan fingerprint density at radius 1 is 1.16 bits per heavy atom. The lowest BCUT2D eigenvalue weighted by molar-refractivity contribution is 0.102. The number of nitrogens with one attached hydrogen (secondary N) is 1. The summed E-state index contributed by atoms with van der Waals surface area (Å²) in [4.78, 5) is 18.0. The van der Waals surface area contributed by atoms with Crippen LogP contribution in [0.3, 0.4) is 0 Å². The number of anilines is 2. The van der Waals surface area contributed by atoms with Gasteiger partial charge in [-0.25, -0.2) is 4.98 Å². The van der Waals surface area contributed by atoms with Crippen LogP contribution in [-0.4, -0.2) is 25.0 Å². The Bertz CT molecular complexity index is 599. The molecule has 0 aliphatic rings. The number of para-hydroxylation sites is 2. The van der Waals surface area contributed by atoms with Gasteiger partial charge in [0.25, 0.3) is 5.91 Å². The maximum Gasteiger partial charge on any atom is 0.274 e. The van der Waals surface area contributed by atoms with Gasteiger partial charge in [-0.2, -0.15) is 0 Å². The second-order valence-corrected chi connectivity index (χ2v) is 4.60. The summed E-state index contributed by atoms with van der Waals surface area (Å²) in [5.74, 6) is -0.281. The van der Waals surface area contributed by atoms with E-state index in [0.717, 1.165) is 11.4 Å². The Morgan fingerprint density at radius 3 is 2.58 bits per heavy atom. The first-order chi connectivity index (χ1) is 9.08. The number of halogens is 1. The Labute approximate surface area is 117 Å². The zero-order chi connectivity index (χ0) is 13.8. The van der Waals surface area contributed by atoms with Gasteiger partial charge in [-0.1, -0.05) is 29.8 Å². The number of amides is 1. The van der Waals surface area contributed by atoms with Crippen molar-refractivity contribution < 1.29 is 4.79 Å². The van der Waals surface area contributed by atoms with E-state index in [2.05, 4.69) is 10.3 Å². The molecular weight excluding hydrogens is 262 g/mol. The molecule has 1 N–H and O–H groups in total. The molecule has 0 aliphatic heterocycles. The Balaban J connectivity index is 2.24. The number of hydrogen-bond acceptors (Lipinski definition) is 3. The fraction of sp³-hybridized carbons (Fsp3) is 0.143. The summed E-state index contributed by atoms with van der Waals surface area (Å²) in [7, 11) is 3.84. The topological polar surface area (TPSA) is 45.2 Å². The highest BCUT2D eigenvalue weighted by Crippen LogP contribution is 2.23. The van der Waals surface area contributed by atoms with Crippen molar-refractivity contribution in [2.24, 2.45) is 0 Å². The highest BCUT2D eigenvalue weighted by molar-refractivity contribution is 6.29. The molecule has 19 heavy (non-hydrogen) atoms. The van der Waals surface area contributed by atoms with Crippen molar-refractivity contribution in [2.75, 3.05) is 24.3 Å². The second-order valence-electron chi connectivity index (χ2n) is 4.21. The summed E-state index contributed by atoms with van der Waals surface area (Å²) < 4.78 is 0. The fourth-order valence-electron chi connectivity index (χ4n) is 1.69. The summed E-state index contributed by atoms with van der Waals surface area (Å²) in [5.41, 5.74) is 1.96. The van der Waals surface area contributed by atoms with Crippen LogP contribution in [0.1, 0.15) is 10.5 Å². The average molecular weight is 276 g/mol. The van der Waals surface area contributed by atoms with E-state index >= 15 is 0 Å². The number of aromatic nitrogens is 1. The summed E-state index contributed by atoms with van der Waals surface area (Å²) in [6, 6.07) is 12.5. The van der Waals surface area contributed by atoms with E-state index < -0.39 is 0 Å². The quantitative estimate of drug-likeness (QED) is 0.876. The van der Waals surface area contributed by atoms with Crippen LogP contribution in [0, 0.1) is 0 Å². The maximum atomic E-state index is 12.1. The molecule has 2 aromatic rings. The van der Waals surface area contributed by atoms with Gasteiger partial charge in [0.1, 0.15) is 10.8 Å². The monoisotopic (exact) mass is 275 g/mol. The van der Waals surface area contributed by atoms with Gasteiger partial charge in [0.2, 0.25) is 0 Å². The third kappa shape index (κ3) is 3.23. The van der Waals surface area contributed by atoms with Crippen LogP contribution in [0.5, 0.6) is 0 Å². The predicted octanol–water partition coefficient (Wildman–Crippen LogP) is 3.05. The zero-order valence-electron chi connectivity index (χ0n) is 10.7. The lowest BCUT2D eigenvalue weighted by Crippen LogP contribution is -2.17. The van der Waals surface area contributed by atoms with E-state index in [-0.39, 0.29) is 5.91 Å². The molecule has 1 amide bonds. The van der Waals surface area contributed by atoms with E-state index in [1.165, 1.54) is 0 Å². The first-order valence-electron chi connectivity index (χ1n) is 5.78. The minimum absolute atomic E-state index is 0.281. The van der Waals surface area contributed by atoms with Crippen LogP contribution in [0.2, 0.25) is 5.15 Å². The SMILES string of the molecule is CN(C)c1ccccc1NC(=O)c1cccc(Cl)n1. The molecule has 4 nitrogen and oxygen atoms in total. The van der Waals surface area contributed by atoms with Crippen molar-refractivity contribution in [1.82, 2.24) is 4.98 Å². The Morgan fingerprint density at radius 2 is 1.89 bits per heavy atom. The first kappa shape index (κ1) is 13.4. The molecule has 0 bridgehead atoms. The number of rotatable bonds is 3. The van der Waals surface area contributed by atoms with Gasteiger partial charge in [-0.15, -0.1) is 0 Å². The van der Waals surface area contributed by atoms with Crippen LogP contribution in [0.15, 0.2) is 42.5 Å². The van der Waals surface area contributed by atoms with Gasteiger partial charge in [0, 0.05) is 14.1 Å². The van der Waals surface area contributed by atoms with Crippen LogP contribution >= 0.6 is 11.6 Å². The second kappa shape index (κ2) is 5.71. The molecule has 98 valence electrons. The number of carbonyl (C=O) groups excluding carboxylic acids is 1. The van der Waals surface area contributed by atoms with E-state index in [9.17, 15) is 4.79 Å². The molecule has 1 aromatic carbocycles. The number of pyridine rings is 1. The largest absolute Gasteiger partial charge is 0.376 e. The molecule has 0 unspecified atom stereocenters. The van der Waals surface area contributed by atoms with Crippen LogP contribution in [0.25, 0.3) is 0 Å². The maximum absolute atomic E-state index is 12.1. The molecule has 1 aromatic heterocycles. The van der Waals surface area contributed by atoms with E-state index in [1.54, 1.807) is 18.2 Å². The molecule has 1 heterocycles. The highest BCUT2D eigenvalue weighted by atomic mass is 35.5. The first-order valence-corrected chi connectivity index (χ1v) is 6.16. The molecule has 0 aliphatic carbocycles. The number of nitrogens with zero attached hydrogens (tertiary/aromatic N) is 2. The highest BCUT2D eigenvalue weighted by Gasteiger charge is 2.11. The molecule has 0 saturated carbocycles. The molecule has 0 atom stereocenters. The van der Waals surface area contributed by atoms with Gasteiger partial charge < -0.3 is 10.2 Å². The van der Waals surface area contributed by atoms with Crippen LogP contribution < -0.4 is 10.2 Å². The standard InChI is InChI=1S/C14H14ClN3O/c1-18(2)12-8-4-3-6-10(12)17-14(19)11-7-5-9-13(15)16-11/h3-9H,1-2H3,(H,17,19). The van der Waals surface area contributed by atoms with Gasteiger partial charge in [-0.05, 0) is 24.3 Å². The van der Waals surface area contributed by atoms with E-state index in [4.69, 9.17) is 11.6 Å². The minimum Gasteiger partial charge on any atom is -0.376 e. The molecule has 2 rings (SSSR count). The summed E-state index contributed by atoms with van der Waals surface area (Å²) in [6.45, 7) is 0. The number of hydrogen-bond donors (Lipinski definition) is 1. The fourth-order valence-corrected chi connectivity index (χ4v) is 1.85. The third-order valence-corrected chi connectivity index (χ3v) is 2.79. The smallest absolute Gasteiger partial charge is 0.274 e. The van der Waals surface area contributed by atoms with E-state index in [0.29, 0.717) is 10.8 Å². The number of carbonyl (C=O) groups is 1. The summed E-state index contributed by atoms with van der Waals surface area (Å²) in [5, 5.41) is 3.13. The predicted molar refractivity (Wildman–Crippen MR) is 78.0 cm³/mol. The Hall–Kier alpha value is -2.07. The van der Waals surface area contributed by atoms with E-state index in [1.807, 2.05) is 43.3 Å².